The molecular formula is C32H58BNO6. The Morgan fingerprint density at radius 1 is 0.975 bits per heavy atom. The first-order chi connectivity index (χ1) is 18.4. The summed E-state index contributed by atoms with van der Waals surface area (Å²) in [5, 5.41) is 3.48. The molecule has 40 heavy (non-hydrogen) atoms. The van der Waals surface area contributed by atoms with Gasteiger partial charge in [0.15, 0.2) is 0 Å². The Bertz CT molecular complexity index is 906. The highest BCUT2D eigenvalue weighted by Gasteiger charge is 2.71. The van der Waals surface area contributed by atoms with Crippen molar-refractivity contribution < 1.29 is 28.4 Å². The summed E-state index contributed by atoms with van der Waals surface area (Å²) in [6.07, 6.45) is 9.69. The molecule has 1 N–H and O–H groups in total. The summed E-state index contributed by atoms with van der Waals surface area (Å²) in [6.45, 7) is 22.0. The first-order valence-electron chi connectivity index (χ1n) is 15.7. The molecule has 0 aromatic carbocycles. The van der Waals surface area contributed by atoms with Crippen molar-refractivity contribution in [2.75, 3.05) is 20.3 Å². The van der Waals surface area contributed by atoms with Crippen LogP contribution in [0.3, 0.4) is 0 Å². The molecule has 0 bridgehead atoms. The number of unbranched alkanes of at least 4 members (excludes halogenated alkanes) is 1. The van der Waals surface area contributed by atoms with E-state index in [4.69, 9.17) is 18.8 Å². The van der Waals surface area contributed by atoms with E-state index in [-0.39, 0.29) is 36.1 Å². The van der Waals surface area contributed by atoms with E-state index in [1.165, 1.54) is 39.2 Å². The van der Waals surface area contributed by atoms with Crippen LogP contribution in [0, 0.1) is 21.7 Å². The first-order valence-corrected chi connectivity index (χ1v) is 15.7. The van der Waals surface area contributed by atoms with E-state index in [0.717, 1.165) is 19.3 Å². The van der Waals surface area contributed by atoms with Crippen LogP contribution in [0.1, 0.15) is 127 Å². The van der Waals surface area contributed by atoms with Gasteiger partial charge in [0, 0.05) is 5.54 Å². The van der Waals surface area contributed by atoms with Crippen molar-refractivity contribution in [2.45, 2.75) is 150 Å². The van der Waals surface area contributed by atoms with Gasteiger partial charge in [0.2, 0.25) is 0 Å². The second-order valence-corrected chi connectivity index (χ2v) is 15.7. The maximum atomic E-state index is 13.6. The predicted octanol–water partition coefficient (Wildman–Crippen LogP) is 6.73. The van der Waals surface area contributed by atoms with Crippen molar-refractivity contribution in [3.63, 3.8) is 0 Å². The fourth-order valence-electron chi connectivity index (χ4n) is 7.45. The zero-order valence-corrected chi connectivity index (χ0v) is 27.5. The summed E-state index contributed by atoms with van der Waals surface area (Å²) in [5.41, 5.74) is -3.23. The number of methoxy groups -OCH3 is 1. The van der Waals surface area contributed by atoms with E-state index in [1.54, 1.807) is 0 Å². The fourth-order valence-corrected chi connectivity index (χ4v) is 7.45. The topological polar surface area (TPSA) is 93.0 Å². The van der Waals surface area contributed by atoms with Gasteiger partial charge in [0.1, 0.15) is 5.54 Å². The van der Waals surface area contributed by atoms with Crippen molar-refractivity contribution in [3.05, 3.63) is 0 Å². The van der Waals surface area contributed by atoms with Crippen LogP contribution in [-0.4, -0.2) is 56.6 Å². The molecule has 2 saturated heterocycles. The van der Waals surface area contributed by atoms with Crippen LogP contribution in [0.2, 0.25) is 5.82 Å². The van der Waals surface area contributed by atoms with Gasteiger partial charge in [-0.25, -0.2) is 4.79 Å². The van der Waals surface area contributed by atoms with Crippen LogP contribution in [0.25, 0.3) is 0 Å². The molecule has 8 heteroatoms. The minimum Gasteiger partial charge on any atom is -0.469 e. The highest BCUT2D eigenvalue weighted by atomic mass is 16.6. The van der Waals surface area contributed by atoms with Gasteiger partial charge in [0.05, 0.1) is 31.8 Å². The quantitative estimate of drug-likeness (QED) is 0.122. The van der Waals surface area contributed by atoms with Crippen molar-refractivity contribution in [1.82, 2.24) is 5.32 Å². The smallest absolute Gasteiger partial charge is 0.460 e. The number of nitrogens with one attached hydrogen (secondary N) is 1. The van der Waals surface area contributed by atoms with Gasteiger partial charge >= 0.3 is 19.1 Å². The maximum Gasteiger partial charge on any atom is 0.460 e. The fraction of sp³-hybridized carbons (Fsp3) is 0.938. The normalized spacial score (nSPS) is 27.3. The van der Waals surface area contributed by atoms with Gasteiger partial charge in [0.25, 0.3) is 0 Å². The molecule has 7 nitrogen and oxygen atoms in total. The average molecular weight is 564 g/mol. The van der Waals surface area contributed by atoms with Gasteiger partial charge < -0.3 is 18.8 Å². The Labute approximate surface area is 244 Å². The van der Waals surface area contributed by atoms with Crippen molar-refractivity contribution in [1.29, 1.82) is 0 Å². The molecule has 0 radical (unpaired) electrons. The molecule has 2 heterocycles. The van der Waals surface area contributed by atoms with Crippen LogP contribution in [0.4, 0.5) is 0 Å². The monoisotopic (exact) mass is 563 g/mol. The highest BCUT2D eigenvalue weighted by molar-refractivity contribution is 6.47. The molecule has 3 rings (SSSR count). The summed E-state index contributed by atoms with van der Waals surface area (Å²) in [6, 6.07) is 0. The average Bonchev–Trinajstić information content (AvgIpc) is 3.18. The minimum atomic E-state index is -0.793. The lowest BCUT2D eigenvalue weighted by Crippen LogP contribution is -2.58. The maximum absolute atomic E-state index is 13.6. The van der Waals surface area contributed by atoms with Crippen LogP contribution in [0.15, 0.2) is 0 Å². The summed E-state index contributed by atoms with van der Waals surface area (Å²) >= 11 is 0. The molecule has 1 aliphatic carbocycles. The largest absolute Gasteiger partial charge is 0.469 e. The van der Waals surface area contributed by atoms with Gasteiger partial charge in [-0.3, -0.25) is 10.1 Å². The van der Waals surface area contributed by atoms with Gasteiger partial charge in [-0.2, -0.15) is 0 Å². The van der Waals surface area contributed by atoms with E-state index in [1.807, 2.05) is 6.92 Å². The van der Waals surface area contributed by atoms with E-state index < -0.39 is 21.8 Å². The Hall–Kier alpha value is -1.12. The number of hydrogen-bond acceptors (Lipinski definition) is 7. The number of hydrogen-bond donors (Lipinski definition) is 1. The Morgan fingerprint density at radius 3 is 2.10 bits per heavy atom. The van der Waals surface area contributed by atoms with Crippen molar-refractivity contribution in [3.8, 4) is 0 Å². The van der Waals surface area contributed by atoms with Crippen molar-refractivity contribution in [2.24, 2.45) is 21.7 Å². The summed E-state index contributed by atoms with van der Waals surface area (Å²) in [7, 11) is 1.43. The van der Waals surface area contributed by atoms with Gasteiger partial charge in [-0.15, -0.1) is 0 Å². The SMILES string of the molecule is COC(=O)C(C)(C(C)(C)C)C(C)(C)C(C)(C)CC1(C(=O)OCCCCC2COB(C3CCCCC3)O2)NC1(C)C. The zero-order valence-electron chi connectivity index (χ0n) is 27.5. The van der Waals surface area contributed by atoms with Crippen molar-refractivity contribution >= 4 is 19.1 Å². The van der Waals surface area contributed by atoms with E-state index in [2.05, 4.69) is 67.6 Å². The molecule has 2 aliphatic heterocycles. The number of esters is 2. The van der Waals surface area contributed by atoms with E-state index in [0.29, 0.717) is 25.5 Å². The van der Waals surface area contributed by atoms with Gasteiger partial charge in [-0.1, -0.05) is 80.6 Å². The Balaban J connectivity index is 1.56. The minimum absolute atomic E-state index is 0.0296. The number of ether oxygens (including phenoxy) is 2. The lowest BCUT2D eigenvalue weighted by molar-refractivity contribution is -0.183. The molecule has 0 aromatic heterocycles. The molecule has 0 amide bonds. The molecule has 3 unspecified atom stereocenters. The van der Waals surface area contributed by atoms with Crippen LogP contribution >= 0.6 is 0 Å². The summed E-state index contributed by atoms with van der Waals surface area (Å²) in [4.78, 5) is 26.9. The standard InChI is InChI=1S/C32H58BNO6/c1-27(2,3)31(10,25(35)37-11)29(6,7)28(4,5)22-32(30(8,9)34-32)26(36)38-20-16-15-19-24-21-39-33(40-24)23-17-13-12-14-18-23/h23-24,34H,12-22H2,1-11H3. The van der Waals surface area contributed by atoms with E-state index >= 15 is 0 Å². The lowest BCUT2D eigenvalue weighted by Gasteiger charge is -2.57. The molecule has 0 aromatic rings. The lowest BCUT2D eigenvalue weighted by atomic mass is 9.45. The van der Waals surface area contributed by atoms with Gasteiger partial charge in [-0.05, 0) is 68.5 Å². The predicted molar refractivity (Wildman–Crippen MR) is 160 cm³/mol. The highest BCUT2D eigenvalue weighted by Crippen LogP contribution is 2.63. The van der Waals surface area contributed by atoms with Crippen LogP contribution in [-0.2, 0) is 28.4 Å². The molecular weight excluding hydrogens is 505 g/mol. The third-order valence-electron chi connectivity index (χ3n) is 11.6. The third-order valence-corrected chi connectivity index (χ3v) is 11.6. The summed E-state index contributed by atoms with van der Waals surface area (Å²) in [5.74, 6) is 0.127. The molecule has 3 aliphatic rings. The molecule has 3 fully saturated rings. The number of rotatable bonds is 12. The van der Waals surface area contributed by atoms with Crippen LogP contribution in [0.5, 0.6) is 0 Å². The second kappa shape index (κ2) is 11.9. The zero-order chi connectivity index (χ0) is 30.2. The van der Waals surface area contributed by atoms with Crippen LogP contribution < -0.4 is 5.32 Å². The Morgan fingerprint density at radius 2 is 1.57 bits per heavy atom. The molecule has 230 valence electrons. The number of carbonyl (C=O) groups is 2. The Kier molecular flexibility index (Phi) is 9.91. The third kappa shape index (κ3) is 6.15. The molecule has 1 saturated carbocycles. The molecule has 0 spiro atoms. The molecule has 3 atom stereocenters. The summed E-state index contributed by atoms with van der Waals surface area (Å²) < 4.78 is 23.4. The van der Waals surface area contributed by atoms with E-state index in [9.17, 15) is 9.59 Å². The first kappa shape index (κ1) is 33.4. The number of carbonyl (C=O) groups excluding carboxylic acids is 2. The second-order valence-electron chi connectivity index (χ2n) is 15.7.